The fraction of sp³-hybridized carbons (Fsp3) is 0.294. The molecule has 0 spiro atoms. The van der Waals surface area contributed by atoms with Gasteiger partial charge in [0.05, 0.1) is 6.04 Å². The largest absolute Gasteiger partial charge is 0.332 e. The summed E-state index contributed by atoms with van der Waals surface area (Å²) in [6.07, 6.45) is 3.97. The molecule has 102 valence electrons. The first-order valence-corrected chi connectivity index (χ1v) is 7.04. The number of hydrogen-bond donors (Lipinski definition) is 0. The molecule has 0 aliphatic carbocycles. The standard InChI is InChI=1S/C17H18N2O/c1-13-9-10-15(12-18-13)16-8-5-11-19(16)17(20)14-6-3-2-4-7-14/h2-4,6-7,9-10,12,16H,5,8,11H2,1H3. The van der Waals surface area contributed by atoms with Crippen LogP contribution in [0.3, 0.4) is 0 Å². The smallest absolute Gasteiger partial charge is 0.254 e. The van der Waals surface area contributed by atoms with Gasteiger partial charge in [0.25, 0.3) is 5.91 Å². The van der Waals surface area contributed by atoms with Gasteiger partial charge in [0, 0.05) is 24.0 Å². The van der Waals surface area contributed by atoms with E-state index in [1.807, 2.05) is 54.4 Å². The number of amides is 1. The van der Waals surface area contributed by atoms with Crippen molar-refractivity contribution in [1.29, 1.82) is 0 Å². The van der Waals surface area contributed by atoms with E-state index in [4.69, 9.17) is 0 Å². The predicted octanol–water partition coefficient (Wildman–Crippen LogP) is 3.37. The molecule has 0 bridgehead atoms. The van der Waals surface area contributed by atoms with E-state index in [1.54, 1.807) is 0 Å². The topological polar surface area (TPSA) is 33.2 Å². The van der Waals surface area contributed by atoms with Crippen LogP contribution in [-0.4, -0.2) is 22.3 Å². The van der Waals surface area contributed by atoms with E-state index in [-0.39, 0.29) is 11.9 Å². The lowest BCUT2D eigenvalue weighted by Gasteiger charge is -2.25. The van der Waals surface area contributed by atoms with Gasteiger partial charge in [-0.15, -0.1) is 0 Å². The van der Waals surface area contributed by atoms with E-state index in [9.17, 15) is 4.79 Å². The fourth-order valence-corrected chi connectivity index (χ4v) is 2.78. The summed E-state index contributed by atoms with van der Waals surface area (Å²) in [5.74, 6) is 0.119. The summed E-state index contributed by atoms with van der Waals surface area (Å²) < 4.78 is 0. The van der Waals surface area contributed by atoms with E-state index in [1.165, 1.54) is 0 Å². The molecule has 0 saturated carbocycles. The monoisotopic (exact) mass is 266 g/mol. The molecule has 1 aromatic carbocycles. The fourth-order valence-electron chi connectivity index (χ4n) is 2.78. The molecule has 1 aliphatic heterocycles. The van der Waals surface area contributed by atoms with E-state index >= 15 is 0 Å². The van der Waals surface area contributed by atoms with Crippen LogP contribution in [0.25, 0.3) is 0 Å². The number of aromatic nitrogens is 1. The lowest BCUT2D eigenvalue weighted by atomic mass is 10.1. The van der Waals surface area contributed by atoms with Gasteiger partial charge < -0.3 is 4.90 Å². The number of benzene rings is 1. The number of rotatable bonds is 2. The molecule has 1 aromatic heterocycles. The Kier molecular flexibility index (Phi) is 3.50. The predicted molar refractivity (Wildman–Crippen MR) is 78.4 cm³/mol. The molecule has 1 amide bonds. The average Bonchev–Trinajstić information content (AvgIpc) is 2.97. The van der Waals surface area contributed by atoms with Crippen molar-refractivity contribution >= 4 is 5.91 Å². The summed E-state index contributed by atoms with van der Waals surface area (Å²) in [5.41, 5.74) is 2.91. The van der Waals surface area contributed by atoms with Crippen molar-refractivity contribution in [3.63, 3.8) is 0 Å². The number of hydrogen-bond acceptors (Lipinski definition) is 2. The van der Waals surface area contributed by atoms with Gasteiger partial charge in [-0.25, -0.2) is 0 Å². The zero-order valence-electron chi connectivity index (χ0n) is 11.6. The summed E-state index contributed by atoms with van der Waals surface area (Å²) in [4.78, 5) is 18.9. The minimum atomic E-state index is 0.119. The molecule has 3 heteroatoms. The van der Waals surface area contributed by atoms with Gasteiger partial charge >= 0.3 is 0 Å². The highest BCUT2D eigenvalue weighted by Gasteiger charge is 2.30. The highest BCUT2D eigenvalue weighted by Crippen LogP contribution is 2.32. The molecule has 20 heavy (non-hydrogen) atoms. The van der Waals surface area contributed by atoms with Gasteiger partial charge in [-0.05, 0) is 43.5 Å². The molecule has 1 aliphatic rings. The molecular formula is C17H18N2O. The van der Waals surface area contributed by atoms with E-state index < -0.39 is 0 Å². The third-order valence-corrected chi connectivity index (χ3v) is 3.85. The maximum atomic E-state index is 12.6. The maximum absolute atomic E-state index is 12.6. The van der Waals surface area contributed by atoms with Crippen LogP contribution in [0, 0.1) is 6.92 Å². The van der Waals surface area contributed by atoms with Crippen LogP contribution in [0.1, 0.15) is 40.5 Å². The van der Waals surface area contributed by atoms with Crippen molar-refractivity contribution in [1.82, 2.24) is 9.88 Å². The van der Waals surface area contributed by atoms with Crippen molar-refractivity contribution in [2.24, 2.45) is 0 Å². The molecule has 1 fully saturated rings. The van der Waals surface area contributed by atoms with Crippen LogP contribution < -0.4 is 0 Å². The van der Waals surface area contributed by atoms with Gasteiger partial charge in [0.2, 0.25) is 0 Å². The van der Waals surface area contributed by atoms with Gasteiger partial charge in [-0.2, -0.15) is 0 Å². The Balaban J connectivity index is 1.86. The Hall–Kier alpha value is -2.16. The summed E-state index contributed by atoms with van der Waals surface area (Å²) in [7, 11) is 0. The first-order chi connectivity index (χ1) is 9.75. The van der Waals surface area contributed by atoms with Gasteiger partial charge in [-0.3, -0.25) is 9.78 Å². The van der Waals surface area contributed by atoms with E-state index in [2.05, 4.69) is 11.1 Å². The van der Waals surface area contributed by atoms with Gasteiger partial charge in [-0.1, -0.05) is 24.3 Å². The number of carbonyl (C=O) groups is 1. The molecule has 3 nitrogen and oxygen atoms in total. The Morgan fingerprint density at radius 2 is 2.00 bits per heavy atom. The quantitative estimate of drug-likeness (QED) is 0.835. The van der Waals surface area contributed by atoms with Crippen LogP contribution >= 0.6 is 0 Å². The molecule has 1 atom stereocenters. The average molecular weight is 266 g/mol. The second kappa shape index (κ2) is 5.45. The van der Waals surface area contributed by atoms with Crippen LogP contribution in [-0.2, 0) is 0 Å². The molecule has 2 heterocycles. The van der Waals surface area contributed by atoms with Crippen molar-refractivity contribution in [2.45, 2.75) is 25.8 Å². The Labute approximate surface area is 119 Å². The third-order valence-electron chi connectivity index (χ3n) is 3.85. The van der Waals surface area contributed by atoms with E-state index in [0.717, 1.165) is 36.2 Å². The van der Waals surface area contributed by atoms with Crippen molar-refractivity contribution in [3.05, 3.63) is 65.5 Å². The number of carbonyl (C=O) groups excluding carboxylic acids is 1. The van der Waals surface area contributed by atoms with Crippen molar-refractivity contribution < 1.29 is 4.79 Å². The Morgan fingerprint density at radius 1 is 1.20 bits per heavy atom. The summed E-state index contributed by atoms with van der Waals surface area (Å²) in [5, 5.41) is 0. The molecule has 2 aromatic rings. The summed E-state index contributed by atoms with van der Waals surface area (Å²) >= 11 is 0. The maximum Gasteiger partial charge on any atom is 0.254 e. The second-order valence-electron chi connectivity index (χ2n) is 5.26. The Morgan fingerprint density at radius 3 is 2.70 bits per heavy atom. The number of pyridine rings is 1. The first-order valence-electron chi connectivity index (χ1n) is 7.04. The lowest BCUT2D eigenvalue weighted by Crippen LogP contribution is -2.30. The second-order valence-corrected chi connectivity index (χ2v) is 5.26. The minimum Gasteiger partial charge on any atom is -0.332 e. The van der Waals surface area contributed by atoms with Crippen molar-refractivity contribution in [2.75, 3.05) is 6.54 Å². The molecule has 1 saturated heterocycles. The van der Waals surface area contributed by atoms with Crippen LogP contribution in [0.15, 0.2) is 48.7 Å². The normalized spacial score (nSPS) is 18.2. The molecule has 1 unspecified atom stereocenters. The van der Waals surface area contributed by atoms with Gasteiger partial charge in [0.1, 0.15) is 0 Å². The number of nitrogens with zero attached hydrogens (tertiary/aromatic N) is 2. The van der Waals surface area contributed by atoms with Crippen LogP contribution in [0.5, 0.6) is 0 Å². The third kappa shape index (κ3) is 2.44. The molecule has 3 rings (SSSR count). The first kappa shape index (κ1) is 12.9. The van der Waals surface area contributed by atoms with E-state index in [0.29, 0.717) is 0 Å². The zero-order chi connectivity index (χ0) is 13.9. The molecule has 0 N–H and O–H groups in total. The number of likely N-dealkylation sites (tertiary alicyclic amines) is 1. The minimum absolute atomic E-state index is 0.119. The Bertz CT molecular complexity index is 592. The SMILES string of the molecule is Cc1ccc(C2CCCN2C(=O)c2ccccc2)cn1. The van der Waals surface area contributed by atoms with Gasteiger partial charge in [0.15, 0.2) is 0 Å². The highest BCUT2D eigenvalue weighted by molar-refractivity contribution is 5.94. The lowest BCUT2D eigenvalue weighted by molar-refractivity contribution is 0.0735. The van der Waals surface area contributed by atoms with Crippen LogP contribution in [0.4, 0.5) is 0 Å². The van der Waals surface area contributed by atoms with Crippen LogP contribution in [0.2, 0.25) is 0 Å². The summed E-state index contributed by atoms with van der Waals surface area (Å²) in [6, 6.07) is 13.8. The summed E-state index contributed by atoms with van der Waals surface area (Å²) in [6.45, 7) is 2.80. The molecular weight excluding hydrogens is 248 g/mol. The highest BCUT2D eigenvalue weighted by atomic mass is 16.2. The zero-order valence-corrected chi connectivity index (χ0v) is 11.6. The van der Waals surface area contributed by atoms with Crippen molar-refractivity contribution in [3.8, 4) is 0 Å². The number of aryl methyl sites for hydroxylation is 1. The molecule has 0 radical (unpaired) electrons.